The Labute approximate surface area is 136 Å². The highest BCUT2D eigenvalue weighted by atomic mass is 16.5. The van der Waals surface area contributed by atoms with E-state index in [-0.39, 0.29) is 6.04 Å². The highest BCUT2D eigenvalue weighted by Crippen LogP contribution is 2.39. The number of para-hydroxylation sites is 1. The zero-order valence-electron chi connectivity index (χ0n) is 13.6. The van der Waals surface area contributed by atoms with E-state index in [1.807, 2.05) is 61.7 Å². The lowest BCUT2D eigenvalue weighted by molar-refractivity contribution is 0.158. The molecule has 4 heteroatoms. The average Bonchev–Trinajstić information content (AvgIpc) is 2.61. The molecule has 23 heavy (non-hydrogen) atoms. The van der Waals surface area contributed by atoms with Crippen LogP contribution < -0.4 is 14.4 Å². The average molecular weight is 311 g/mol. The Hall–Kier alpha value is -2.46. The van der Waals surface area contributed by atoms with E-state index in [1.54, 1.807) is 14.2 Å². The fourth-order valence-corrected chi connectivity index (χ4v) is 2.99. The van der Waals surface area contributed by atoms with Crippen molar-refractivity contribution in [1.29, 1.82) is 0 Å². The molecule has 1 aliphatic carbocycles. The van der Waals surface area contributed by atoms with Crippen molar-refractivity contribution in [1.82, 2.24) is 0 Å². The quantitative estimate of drug-likeness (QED) is 0.941. The first kappa shape index (κ1) is 15.4. The Balaban J connectivity index is 1.99. The van der Waals surface area contributed by atoms with Gasteiger partial charge in [-0.3, -0.25) is 0 Å². The van der Waals surface area contributed by atoms with Crippen molar-refractivity contribution in [3.05, 3.63) is 59.7 Å². The number of benzene rings is 2. The summed E-state index contributed by atoms with van der Waals surface area (Å²) in [5.41, 5.74) is 2.77. The van der Waals surface area contributed by atoms with E-state index in [0.717, 1.165) is 16.8 Å². The van der Waals surface area contributed by atoms with Crippen LogP contribution in [0.5, 0.6) is 11.5 Å². The molecule has 0 saturated heterocycles. The predicted molar refractivity (Wildman–Crippen MR) is 92.2 cm³/mol. The van der Waals surface area contributed by atoms with Crippen LogP contribution in [0.2, 0.25) is 0 Å². The molecule has 0 aromatic heterocycles. The first-order chi connectivity index (χ1) is 11.2. The summed E-state index contributed by atoms with van der Waals surface area (Å²) in [4.78, 5) is 2.07. The molecule has 0 amide bonds. The van der Waals surface area contributed by atoms with Gasteiger partial charge < -0.3 is 19.5 Å². The number of nitrogens with zero attached hydrogens (tertiary/aromatic N) is 1. The largest absolute Gasteiger partial charge is 0.497 e. The smallest absolute Gasteiger partial charge is 0.130 e. The van der Waals surface area contributed by atoms with Crippen molar-refractivity contribution in [2.45, 2.75) is 12.1 Å². The second-order valence-electron chi connectivity index (χ2n) is 5.57. The Kier molecular flexibility index (Phi) is 4.26. The van der Waals surface area contributed by atoms with Crippen molar-refractivity contribution in [3.63, 3.8) is 0 Å². The molecular formula is C19H21NO3. The van der Waals surface area contributed by atoms with Gasteiger partial charge in [0.05, 0.1) is 20.3 Å². The van der Waals surface area contributed by atoms with Gasteiger partial charge in [0.15, 0.2) is 0 Å². The zero-order valence-corrected chi connectivity index (χ0v) is 13.6. The van der Waals surface area contributed by atoms with Crippen molar-refractivity contribution in [2.75, 3.05) is 26.2 Å². The van der Waals surface area contributed by atoms with Gasteiger partial charge >= 0.3 is 0 Å². The van der Waals surface area contributed by atoms with Gasteiger partial charge in [-0.1, -0.05) is 30.4 Å². The first-order valence-electron chi connectivity index (χ1n) is 7.55. The molecule has 0 bridgehead atoms. The number of anilines is 1. The predicted octanol–water partition coefficient (Wildman–Crippen LogP) is 3.27. The van der Waals surface area contributed by atoms with E-state index in [0.29, 0.717) is 11.5 Å². The second-order valence-corrected chi connectivity index (χ2v) is 5.57. The van der Waals surface area contributed by atoms with Crippen molar-refractivity contribution in [3.8, 4) is 11.5 Å². The van der Waals surface area contributed by atoms with Crippen LogP contribution in [0.15, 0.2) is 48.5 Å². The minimum atomic E-state index is -0.663. The van der Waals surface area contributed by atoms with E-state index in [9.17, 15) is 5.11 Å². The number of methoxy groups -OCH3 is 2. The minimum absolute atomic E-state index is 0.151. The Morgan fingerprint density at radius 1 is 1.04 bits per heavy atom. The van der Waals surface area contributed by atoms with E-state index in [4.69, 9.17) is 9.47 Å². The third-order valence-corrected chi connectivity index (χ3v) is 4.32. The Bertz CT molecular complexity index is 712. The molecule has 2 aromatic rings. The number of fused-ring (bicyclic) bond motifs is 1. The van der Waals surface area contributed by atoms with E-state index in [1.165, 1.54) is 0 Å². The summed E-state index contributed by atoms with van der Waals surface area (Å²) in [5.74, 6) is 1.38. The second kappa shape index (κ2) is 6.34. The molecule has 1 N–H and O–H groups in total. The summed E-state index contributed by atoms with van der Waals surface area (Å²) in [6.45, 7) is 0. The molecule has 0 spiro atoms. The van der Waals surface area contributed by atoms with Crippen LogP contribution in [0.4, 0.5) is 5.69 Å². The number of hydrogen-bond acceptors (Lipinski definition) is 4. The maximum Gasteiger partial charge on any atom is 0.130 e. The first-order valence-corrected chi connectivity index (χ1v) is 7.55. The molecule has 0 fully saturated rings. The maximum absolute atomic E-state index is 10.9. The Morgan fingerprint density at radius 2 is 1.78 bits per heavy atom. The SMILES string of the molecule is COc1cc(OC)c2c(c1)[C@@H](O)[C@H](N(C)c1ccccc1)C=C2. The third-order valence-electron chi connectivity index (χ3n) is 4.32. The summed E-state index contributed by atoms with van der Waals surface area (Å²) in [7, 11) is 5.22. The van der Waals surface area contributed by atoms with E-state index < -0.39 is 6.10 Å². The lowest BCUT2D eigenvalue weighted by Gasteiger charge is -2.35. The molecule has 1 aliphatic rings. The molecule has 0 unspecified atom stereocenters. The van der Waals surface area contributed by atoms with Gasteiger partial charge in [0.2, 0.25) is 0 Å². The number of aliphatic hydroxyl groups excluding tert-OH is 1. The topological polar surface area (TPSA) is 41.9 Å². The fraction of sp³-hybridized carbons (Fsp3) is 0.263. The molecular weight excluding hydrogens is 290 g/mol. The van der Waals surface area contributed by atoms with Crippen LogP contribution in [0.3, 0.4) is 0 Å². The van der Waals surface area contributed by atoms with Gasteiger partial charge in [0.25, 0.3) is 0 Å². The molecule has 0 saturated carbocycles. The molecule has 4 nitrogen and oxygen atoms in total. The highest BCUT2D eigenvalue weighted by molar-refractivity contribution is 5.68. The standard InChI is InChI=1S/C19H21NO3/c1-20(13-7-5-4-6-8-13)17-10-9-15-16(19(17)21)11-14(22-2)12-18(15)23-3/h4-12,17,19,21H,1-3H3/t17-,19-/m1/s1. The normalized spacial score (nSPS) is 19.1. The minimum Gasteiger partial charge on any atom is -0.497 e. The number of likely N-dealkylation sites (N-methyl/N-ethyl adjacent to an activating group) is 1. The van der Waals surface area contributed by atoms with E-state index >= 15 is 0 Å². The van der Waals surface area contributed by atoms with Crippen LogP contribution in [0.25, 0.3) is 6.08 Å². The number of hydrogen-bond donors (Lipinski definition) is 1. The summed E-state index contributed by atoms with van der Waals surface area (Å²) < 4.78 is 10.8. The van der Waals surface area contributed by atoms with Gasteiger partial charge in [-0.25, -0.2) is 0 Å². The fourth-order valence-electron chi connectivity index (χ4n) is 2.99. The molecule has 3 rings (SSSR count). The zero-order chi connectivity index (χ0) is 16.4. The van der Waals surface area contributed by atoms with Crippen LogP contribution in [-0.2, 0) is 0 Å². The van der Waals surface area contributed by atoms with Crippen molar-refractivity contribution in [2.24, 2.45) is 0 Å². The van der Waals surface area contributed by atoms with Gasteiger partial charge in [-0.05, 0) is 23.8 Å². The maximum atomic E-state index is 10.9. The van der Waals surface area contributed by atoms with Crippen molar-refractivity contribution < 1.29 is 14.6 Å². The molecule has 0 aliphatic heterocycles. The number of ether oxygens (including phenoxy) is 2. The molecule has 120 valence electrons. The number of rotatable bonds is 4. The molecule has 0 heterocycles. The summed E-state index contributed by atoms with van der Waals surface area (Å²) in [5, 5.41) is 10.9. The molecule has 0 radical (unpaired) electrons. The van der Waals surface area contributed by atoms with Gasteiger partial charge in [-0.2, -0.15) is 0 Å². The van der Waals surface area contributed by atoms with E-state index in [2.05, 4.69) is 4.90 Å². The van der Waals surface area contributed by atoms with Gasteiger partial charge in [-0.15, -0.1) is 0 Å². The monoisotopic (exact) mass is 311 g/mol. The Morgan fingerprint density at radius 3 is 2.43 bits per heavy atom. The summed E-state index contributed by atoms with van der Waals surface area (Å²) >= 11 is 0. The van der Waals surface area contributed by atoms with Crippen LogP contribution >= 0.6 is 0 Å². The van der Waals surface area contributed by atoms with Gasteiger partial charge in [0, 0.05) is 24.4 Å². The molecule has 2 atom stereocenters. The number of aliphatic hydroxyl groups is 1. The van der Waals surface area contributed by atoms with Gasteiger partial charge in [0.1, 0.15) is 17.6 Å². The van der Waals surface area contributed by atoms with Crippen molar-refractivity contribution >= 4 is 11.8 Å². The van der Waals surface area contributed by atoms with Crippen LogP contribution in [0.1, 0.15) is 17.2 Å². The lowest BCUT2D eigenvalue weighted by atomic mass is 9.89. The highest BCUT2D eigenvalue weighted by Gasteiger charge is 2.30. The molecule has 2 aromatic carbocycles. The third kappa shape index (κ3) is 2.78. The summed E-state index contributed by atoms with van der Waals surface area (Å²) in [6, 6.07) is 13.6. The lowest BCUT2D eigenvalue weighted by Crippen LogP contribution is -2.37. The van der Waals surface area contributed by atoms with Crippen LogP contribution in [0, 0.1) is 0 Å². The van der Waals surface area contributed by atoms with Crippen LogP contribution in [-0.4, -0.2) is 32.4 Å². The summed E-state index contributed by atoms with van der Waals surface area (Å²) in [6.07, 6.45) is 3.35.